The SMILES string of the molecule is Cc1noc(CCNc2cccc(N)c2C)n1. The number of aromatic nitrogens is 2. The number of nitrogens with two attached hydrogens (primary N) is 1. The number of benzene rings is 1. The van der Waals surface area contributed by atoms with Crippen molar-refractivity contribution in [3.63, 3.8) is 0 Å². The Morgan fingerprint density at radius 2 is 2.18 bits per heavy atom. The fourth-order valence-corrected chi connectivity index (χ4v) is 1.59. The predicted octanol–water partition coefficient (Wildman–Crippen LogP) is 1.92. The number of anilines is 2. The summed E-state index contributed by atoms with van der Waals surface area (Å²) in [6.07, 6.45) is 0.703. The van der Waals surface area contributed by atoms with Gasteiger partial charge in [-0.25, -0.2) is 0 Å². The van der Waals surface area contributed by atoms with Crippen LogP contribution in [-0.4, -0.2) is 16.7 Å². The van der Waals surface area contributed by atoms with Crippen LogP contribution in [0.1, 0.15) is 17.3 Å². The number of rotatable bonds is 4. The standard InChI is InChI=1S/C12H16N4O/c1-8-10(13)4-3-5-11(8)14-7-6-12-15-9(2)16-17-12/h3-5,14H,6-7,13H2,1-2H3. The summed E-state index contributed by atoms with van der Waals surface area (Å²) in [7, 11) is 0. The number of nitrogens with one attached hydrogen (secondary N) is 1. The van der Waals surface area contributed by atoms with Crippen LogP contribution in [0.2, 0.25) is 0 Å². The van der Waals surface area contributed by atoms with Crippen molar-refractivity contribution >= 4 is 11.4 Å². The van der Waals surface area contributed by atoms with Crippen LogP contribution in [0.15, 0.2) is 22.7 Å². The number of aryl methyl sites for hydroxylation is 1. The number of hydrogen-bond donors (Lipinski definition) is 2. The van der Waals surface area contributed by atoms with E-state index >= 15 is 0 Å². The molecule has 0 bridgehead atoms. The summed E-state index contributed by atoms with van der Waals surface area (Å²) in [6.45, 7) is 4.54. The molecule has 0 aliphatic carbocycles. The highest BCUT2D eigenvalue weighted by Crippen LogP contribution is 2.20. The zero-order valence-electron chi connectivity index (χ0n) is 10.0. The van der Waals surface area contributed by atoms with Crippen LogP contribution in [0.25, 0.3) is 0 Å². The molecule has 90 valence electrons. The first-order valence-corrected chi connectivity index (χ1v) is 5.55. The van der Waals surface area contributed by atoms with E-state index < -0.39 is 0 Å². The molecule has 0 saturated carbocycles. The Bertz CT molecular complexity index is 507. The first-order chi connectivity index (χ1) is 8.16. The molecule has 1 aromatic heterocycles. The molecular weight excluding hydrogens is 216 g/mol. The van der Waals surface area contributed by atoms with Crippen molar-refractivity contribution in [2.24, 2.45) is 0 Å². The van der Waals surface area contributed by atoms with Gasteiger partial charge in [0, 0.05) is 24.3 Å². The van der Waals surface area contributed by atoms with Crippen molar-refractivity contribution in [2.75, 3.05) is 17.6 Å². The van der Waals surface area contributed by atoms with Gasteiger partial charge in [0.25, 0.3) is 0 Å². The molecule has 0 aliphatic rings. The van der Waals surface area contributed by atoms with Crippen LogP contribution >= 0.6 is 0 Å². The van der Waals surface area contributed by atoms with E-state index in [1.54, 1.807) is 0 Å². The van der Waals surface area contributed by atoms with Crippen LogP contribution in [0.3, 0.4) is 0 Å². The van der Waals surface area contributed by atoms with Gasteiger partial charge in [-0.15, -0.1) is 0 Å². The minimum absolute atomic E-state index is 0.650. The Hall–Kier alpha value is -2.04. The van der Waals surface area contributed by atoms with E-state index in [4.69, 9.17) is 10.3 Å². The van der Waals surface area contributed by atoms with Gasteiger partial charge in [0.05, 0.1) is 0 Å². The summed E-state index contributed by atoms with van der Waals surface area (Å²) in [5.74, 6) is 1.32. The molecule has 1 aromatic carbocycles. The number of nitrogens with zero attached hydrogens (tertiary/aromatic N) is 2. The predicted molar refractivity (Wildman–Crippen MR) is 66.8 cm³/mol. The monoisotopic (exact) mass is 232 g/mol. The molecule has 0 fully saturated rings. The fourth-order valence-electron chi connectivity index (χ4n) is 1.59. The summed E-state index contributed by atoms with van der Waals surface area (Å²) < 4.78 is 5.03. The summed E-state index contributed by atoms with van der Waals surface area (Å²) in [4.78, 5) is 4.14. The van der Waals surface area contributed by atoms with Crippen molar-refractivity contribution in [3.05, 3.63) is 35.5 Å². The largest absolute Gasteiger partial charge is 0.398 e. The van der Waals surface area contributed by atoms with E-state index in [1.165, 1.54) is 0 Å². The van der Waals surface area contributed by atoms with Crippen LogP contribution in [-0.2, 0) is 6.42 Å². The van der Waals surface area contributed by atoms with Gasteiger partial charge in [0.1, 0.15) is 0 Å². The second kappa shape index (κ2) is 4.86. The minimum atomic E-state index is 0.650. The van der Waals surface area contributed by atoms with Crippen LogP contribution < -0.4 is 11.1 Å². The molecular formula is C12H16N4O. The van der Waals surface area contributed by atoms with Gasteiger partial charge < -0.3 is 15.6 Å². The summed E-state index contributed by atoms with van der Waals surface area (Å²) in [6, 6.07) is 5.83. The number of nitrogen functional groups attached to an aromatic ring is 1. The maximum atomic E-state index is 5.83. The lowest BCUT2D eigenvalue weighted by Crippen LogP contribution is -2.07. The van der Waals surface area contributed by atoms with E-state index in [-0.39, 0.29) is 0 Å². The lowest BCUT2D eigenvalue weighted by Gasteiger charge is -2.09. The molecule has 1 heterocycles. The Balaban J connectivity index is 1.92. The fraction of sp³-hybridized carbons (Fsp3) is 0.333. The molecule has 0 atom stereocenters. The molecule has 0 spiro atoms. The summed E-state index contributed by atoms with van der Waals surface area (Å²) in [5.41, 5.74) is 8.73. The van der Waals surface area contributed by atoms with Crippen molar-refractivity contribution < 1.29 is 4.52 Å². The third-order valence-electron chi connectivity index (χ3n) is 2.60. The smallest absolute Gasteiger partial charge is 0.228 e. The second-order valence-corrected chi connectivity index (χ2v) is 3.93. The zero-order valence-corrected chi connectivity index (χ0v) is 10.0. The van der Waals surface area contributed by atoms with Gasteiger partial charge in [-0.05, 0) is 31.5 Å². The molecule has 0 aliphatic heterocycles. The molecule has 0 unspecified atom stereocenters. The minimum Gasteiger partial charge on any atom is -0.398 e. The molecule has 0 amide bonds. The third kappa shape index (κ3) is 2.75. The topological polar surface area (TPSA) is 77.0 Å². The van der Waals surface area contributed by atoms with E-state index in [9.17, 15) is 0 Å². The van der Waals surface area contributed by atoms with E-state index in [1.807, 2.05) is 32.0 Å². The van der Waals surface area contributed by atoms with Crippen molar-refractivity contribution in [1.82, 2.24) is 10.1 Å². The molecule has 5 heteroatoms. The average molecular weight is 232 g/mol. The first-order valence-electron chi connectivity index (χ1n) is 5.55. The van der Waals surface area contributed by atoms with Crippen LogP contribution in [0, 0.1) is 13.8 Å². The zero-order chi connectivity index (χ0) is 12.3. The Morgan fingerprint density at radius 3 is 2.88 bits per heavy atom. The highest BCUT2D eigenvalue weighted by Gasteiger charge is 2.03. The summed E-state index contributed by atoms with van der Waals surface area (Å²) >= 11 is 0. The molecule has 2 aromatic rings. The second-order valence-electron chi connectivity index (χ2n) is 3.93. The van der Waals surface area contributed by atoms with Crippen molar-refractivity contribution in [1.29, 1.82) is 0 Å². The van der Waals surface area contributed by atoms with E-state index in [2.05, 4.69) is 15.5 Å². The lowest BCUT2D eigenvalue weighted by atomic mass is 10.1. The Kier molecular flexibility index (Phi) is 3.27. The quantitative estimate of drug-likeness (QED) is 0.787. The Morgan fingerprint density at radius 1 is 1.35 bits per heavy atom. The van der Waals surface area contributed by atoms with Crippen LogP contribution in [0.5, 0.6) is 0 Å². The normalized spacial score (nSPS) is 10.5. The van der Waals surface area contributed by atoms with Crippen molar-refractivity contribution in [2.45, 2.75) is 20.3 Å². The lowest BCUT2D eigenvalue weighted by molar-refractivity contribution is 0.377. The van der Waals surface area contributed by atoms with Gasteiger partial charge in [-0.1, -0.05) is 11.2 Å². The molecule has 2 rings (SSSR count). The Labute approximate surface area is 100 Å². The average Bonchev–Trinajstić information content (AvgIpc) is 2.70. The van der Waals surface area contributed by atoms with Gasteiger partial charge in [0.15, 0.2) is 5.82 Å². The maximum absolute atomic E-state index is 5.83. The highest BCUT2D eigenvalue weighted by molar-refractivity contribution is 5.62. The molecule has 3 N–H and O–H groups in total. The van der Waals surface area contributed by atoms with Crippen molar-refractivity contribution in [3.8, 4) is 0 Å². The van der Waals surface area contributed by atoms with Gasteiger partial charge in [-0.3, -0.25) is 0 Å². The van der Waals surface area contributed by atoms with Crippen LogP contribution in [0.4, 0.5) is 11.4 Å². The molecule has 0 saturated heterocycles. The number of hydrogen-bond acceptors (Lipinski definition) is 5. The summed E-state index contributed by atoms with van der Waals surface area (Å²) in [5, 5.41) is 7.04. The molecule has 0 radical (unpaired) electrons. The van der Waals surface area contributed by atoms with Gasteiger partial charge in [-0.2, -0.15) is 4.98 Å². The van der Waals surface area contributed by atoms with E-state index in [0.717, 1.165) is 23.5 Å². The molecule has 17 heavy (non-hydrogen) atoms. The van der Waals surface area contributed by atoms with E-state index in [0.29, 0.717) is 18.1 Å². The maximum Gasteiger partial charge on any atom is 0.228 e. The molecule has 5 nitrogen and oxygen atoms in total. The van der Waals surface area contributed by atoms with Gasteiger partial charge in [0.2, 0.25) is 5.89 Å². The highest BCUT2D eigenvalue weighted by atomic mass is 16.5. The first kappa shape index (κ1) is 11.4. The third-order valence-corrected chi connectivity index (χ3v) is 2.60. The van der Waals surface area contributed by atoms with Gasteiger partial charge >= 0.3 is 0 Å².